The molecule has 0 saturated carbocycles. The second-order valence-electron chi connectivity index (χ2n) is 19.7. The molecule has 88 heavy (non-hydrogen) atoms. The predicted octanol–water partition coefficient (Wildman–Crippen LogP) is -5.49. The zero-order valence-corrected chi connectivity index (χ0v) is 52.0. The number of hydrogen-bond acceptors (Lipinski definition) is 21. The van der Waals surface area contributed by atoms with Gasteiger partial charge >= 0.3 is 11.8 Å². The summed E-state index contributed by atoms with van der Waals surface area (Å²) in [5.74, 6) is -11.0. The standard InChI is InChI=1S/C53H73BrN14O18S2/c1-25-20-67(52(83)66-44(25)75)21-40(73)68(16-15-57-45(76)26(2)59-39(72)19-58-46(77)27(3)61-51(82)42(30(6)70)64-38(71)18-55)37(17-31-11-13-33(14-12-31)86-53(84)85-22-32-9-7-8-10-34(32)54)50(81)63-35(23-87)48(79)60-28(4)47(78)62-36(24-88)49(80)65-41(29(5)69)43(56)74/h7-14,20,26-30,35-37,41-42,69-70,87-88H,15-19,21-24,55H2,1-6H3,(H2,56,74)(H,57,76)(H,58,77)(H,59,72)(H,60,79)(H,61,82)(H,62,78)(H,63,81)(H,64,71)(H,65,80)(H,66,75,83)/t26-,27-,28-,29+,30+,35-,36-,37-,41-,42-/m0/s1. The van der Waals surface area contributed by atoms with Crippen LogP contribution in [-0.4, -0.2) is 194 Å². The lowest BCUT2D eigenvalue weighted by Gasteiger charge is -2.33. The molecule has 0 aliphatic heterocycles. The minimum Gasteiger partial charge on any atom is -0.429 e. The van der Waals surface area contributed by atoms with Crippen LogP contribution in [0.25, 0.3) is 0 Å². The monoisotopic (exact) mass is 1340 g/mol. The van der Waals surface area contributed by atoms with E-state index < -0.39 is 188 Å². The highest BCUT2D eigenvalue weighted by molar-refractivity contribution is 9.10. The fourth-order valence-corrected chi connectivity index (χ4v) is 8.63. The average Bonchev–Trinajstić information content (AvgIpc) is 3.68. The number of nitrogens with two attached hydrogens (primary N) is 2. The topological polar surface area (TPSA) is 482 Å². The van der Waals surface area contributed by atoms with E-state index in [1.165, 1.54) is 65.8 Å². The molecule has 10 atom stereocenters. The molecule has 1 aromatic heterocycles. The van der Waals surface area contributed by atoms with Crippen molar-refractivity contribution >= 4 is 112 Å². The van der Waals surface area contributed by atoms with Crippen molar-refractivity contribution in [3.63, 3.8) is 0 Å². The van der Waals surface area contributed by atoms with Gasteiger partial charge < -0.3 is 83.9 Å². The summed E-state index contributed by atoms with van der Waals surface area (Å²) in [5.41, 5.74) is 9.74. The van der Waals surface area contributed by atoms with Crippen LogP contribution in [0.2, 0.25) is 0 Å². The number of amides is 11. The molecule has 3 rings (SSSR count). The molecule has 0 aliphatic rings. The summed E-state index contributed by atoms with van der Waals surface area (Å²) >= 11 is 11.7. The third kappa shape index (κ3) is 23.7. The minimum absolute atomic E-state index is 0.00773. The van der Waals surface area contributed by atoms with Gasteiger partial charge in [-0.3, -0.25) is 67.1 Å². The number of ether oxygens (including phenoxy) is 2. The number of nitrogens with one attached hydrogen (secondary N) is 10. The van der Waals surface area contributed by atoms with Crippen LogP contribution in [0.1, 0.15) is 51.3 Å². The quantitative estimate of drug-likeness (QED) is 0.0154. The van der Waals surface area contributed by atoms with Gasteiger partial charge in [0, 0.05) is 52.8 Å². The average molecular weight is 1340 g/mol. The van der Waals surface area contributed by atoms with Crippen molar-refractivity contribution in [1.82, 2.24) is 62.3 Å². The second-order valence-corrected chi connectivity index (χ2v) is 21.3. The number of aryl methyl sites for hydroxylation is 1. The van der Waals surface area contributed by atoms with E-state index in [2.05, 4.69) is 94.0 Å². The lowest BCUT2D eigenvalue weighted by molar-refractivity contribution is -0.142. The fraction of sp³-hybridized carbons (Fsp3) is 0.472. The van der Waals surface area contributed by atoms with Crippen LogP contribution in [0.15, 0.2) is 68.8 Å². The number of benzene rings is 2. The molecule has 0 bridgehead atoms. The van der Waals surface area contributed by atoms with Gasteiger partial charge in [-0.2, -0.15) is 25.3 Å². The Morgan fingerprint density at radius 3 is 1.82 bits per heavy atom. The number of aliphatic hydroxyl groups excluding tert-OH is 2. The lowest BCUT2D eigenvalue weighted by Crippen LogP contribution is -2.60. The van der Waals surface area contributed by atoms with Crippen molar-refractivity contribution in [2.45, 2.75) is 122 Å². The summed E-state index contributed by atoms with van der Waals surface area (Å²) in [5, 5.41) is 41.0. The van der Waals surface area contributed by atoms with E-state index >= 15 is 0 Å². The smallest absolute Gasteiger partial charge is 0.429 e. The van der Waals surface area contributed by atoms with Gasteiger partial charge in [-0.05, 0) is 65.3 Å². The molecular formula is C53H73BrN14O18S2. The third-order valence-corrected chi connectivity index (χ3v) is 14.2. The van der Waals surface area contributed by atoms with Gasteiger partial charge in [0.2, 0.25) is 65.0 Å². The van der Waals surface area contributed by atoms with Crippen molar-refractivity contribution in [3.8, 4) is 5.75 Å². The number of H-pyrrole nitrogens is 1. The maximum absolute atomic E-state index is 14.8. The molecular weight excluding hydrogens is 1260 g/mol. The minimum atomic E-state index is -1.67. The van der Waals surface area contributed by atoms with Crippen molar-refractivity contribution < 1.29 is 77.2 Å². The maximum atomic E-state index is 14.8. The highest BCUT2D eigenvalue weighted by Crippen LogP contribution is 2.20. The molecule has 32 nitrogen and oxygen atoms in total. The third-order valence-electron chi connectivity index (χ3n) is 12.7. The summed E-state index contributed by atoms with van der Waals surface area (Å²) < 4.78 is 12.1. The summed E-state index contributed by atoms with van der Waals surface area (Å²) in [6.45, 7) is 4.38. The Hall–Kier alpha value is -8.38. The number of rotatable bonds is 33. The van der Waals surface area contributed by atoms with Gasteiger partial charge in [-0.15, -0.1) is 0 Å². The van der Waals surface area contributed by atoms with Gasteiger partial charge in [0.15, 0.2) is 0 Å². The number of nitrogens with zero attached hydrogens (tertiary/aromatic N) is 2. The highest BCUT2D eigenvalue weighted by Gasteiger charge is 2.35. The molecule has 0 radical (unpaired) electrons. The molecule has 0 unspecified atom stereocenters. The van der Waals surface area contributed by atoms with Crippen LogP contribution in [0.4, 0.5) is 4.79 Å². The van der Waals surface area contributed by atoms with Crippen LogP contribution >= 0.6 is 41.2 Å². The van der Waals surface area contributed by atoms with Crippen LogP contribution in [0.5, 0.6) is 5.75 Å². The van der Waals surface area contributed by atoms with Crippen molar-refractivity contribution in [3.05, 3.63) is 96.7 Å². The van der Waals surface area contributed by atoms with Gasteiger partial charge in [-0.25, -0.2) is 9.59 Å². The predicted molar refractivity (Wildman–Crippen MR) is 323 cm³/mol. The van der Waals surface area contributed by atoms with E-state index in [0.29, 0.717) is 15.6 Å². The SMILES string of the molecule is Cc1cn(CC(=O)N(CCNC(=O)[C@H](C)NC(=O)CNC(=O)[C@H](C)NC(=O)[C@@H](NC(=O)CN)[C@@H](C)O)[C@@H](Cc2ccc(OC(=O)OCc3ccccc3Br)cc2)C(=O)N[C@@H](CS)C(=O)N[C@@H](C)C(=O)N[C@@H](CS)C(=O)N[C@H](C(N)=O)[C@@H](C)O)c(=O)[nH]c1=O. The number of aliphatic hydroxyl groups is 2. The first-order valence-electron chi connectivity index (χ1n) is 26.9. The lowest BCUT2D eigenvalue weighted by atomic mass is 10.0. The molecule has 1 heterocycles. The van der Waals surface area contributed by atoms with Crippen LogP contribution in [0.3, 0.4) is 0 Å². The Balaban J connectivity index is 1.93. The van der Waals surface area contributed by atoms with Crippen LogP contribution < -0.4 is 75.3 Å². The Morgan fingerprint density at radius 1 is 0.682 bits per heavy atom. The van der Waals surface area contributed by atoms with E-state index in [4.69, 9.17) is 20.9 Å². The normalized spacial score (nSPS) is 14.3. The zero-order valence-electron chi connectivity index (χ0n) is 48.6. The summed E-state index contributed by atoms with van der Waals surface area (Å²) in [6.07, 6.45) is -3.16. The Bertz CT molecular complexity index is 3130. The van der Waals surface area contributed by atoms with Crippen molar-refractivity contribution in [2.75, 3.05) is 37.7 Å². The van der Waals surface area contributed by atoms with Gasteiger partial charge in [-0.1, -0.05) is 46.3 Å². The summed E-state index contributed by atoms with van der Waals surface area (Å²) in [4.78, 5) is 186. The number of primary amides is 1. The van der Waals surface area contributed by atoms with Crippen LogP contribution in [-0.2, 0) is 77.0 Å². The largest absolute Gasteiger partial charge is 0.514 e. The Kier molecular flexibility index (Phi) is 30.3. The molecule has 35 heteroatoms. The zero-order chi connectivity index (χ0) is 66.1. The first-order chi connectivity index (χ1) is 41.4. The summed E-state index contributed by atoms with van der Waals surface area (Å²) in [6, 6.07) is 0.858. The van der Waals surface area contributed by atoms with E-state index in [9.17, 15) is 77.3 Å². The molecule has 0 spiro atoms. The fourth-order valence-electron chi connectivity index (χ4n) is 7.72. The highest BCUT2D eigenvalue weighted by atomic mass is 79.9. The molecule has 0 fully saturated rings. The molecule has 0 saturated heterocycles. The van der Waals surface area contributed by atoms with Crippen molar-refractivity contribution in [2.24, 2.45) is 11.5 Å². The number of hydrogen-bond donors (Lipinski definition) is 16. The molecule has 482 valence electrons. The molecule has 0 aliphatic carbocycles. The molecule has 3 aromatic rings. The van der Waals surface area contributed by atoms with Crippen molar-refractivity contribution in [1.29, 1.82) is 0 Å². The second kappa shape index (κ2) is 36.1. The van der Waals surface area contributed by atoms with Crippen LogP contribution in [0, 0.1) is 6.92 Å². The number of aromatic amines is 1. The van der Waals surface area contributed by atoms with E-state index in [1.54, 1.807) is 24.3 Å². The maximum Gasteiger partial charge on any atom is 0.514 e. The van der Waals surface area contributed by atoms with Gasteiger partial charge in [0.25, 0.3) is 5.56 Å². The van der Waals surface area contributed by atoms with E-state index in [1.807, 2.05) is 0 Å². The van der Waals surface area contributed by atoms with E-state index in [-0.39, 0.29) is 23.7 Å². The Labute approximate surface area is 522 Å². The number of thiol groups is 2. The molecule has 16 N–H and O–H groups in total. The molecule has 11 amide bonds. The van der Waals surface area contributed by atoms with E-state index in [0.717, 1.165) is 15.7 Å². The number of carbonyl (C=O) groups excluding carboxylic acids is 12. The number of halogens is 1. The first-order valence-corrected chi connectivity index (χ1v) is 29.0. The Morgan fingerprint density at radius 2 is 1.24 bits per heavy atom. The molecule has 2 aromatic carbocycles. The summed E-state index contributed by atoms with van der Waals surface area (Å²) in [7, 11) is 0. The first kappa shape index (κ1) is 73.9. The van der Waals surface area contributed by atoms with Gasteiger partial charge in [0.05, 0.1) is 25.3 Å². The van der Waals surface area contributed by atoms with Gasteiger partial charge in [0.1, 0.15) is 67.2 Å². The number of carbonyl (C=O) groups is 12. The number of aromatic nitrogens is 2.